The molecule has 3 aromatic carbocycles. The molecule has 0 radical (unpaired) electrons. The molecule has 0 atom stereocenters. The molecule has 4 rings (SSSR count). The second-order valence-corrected chi connectivity index (χ2v) is 6.56. The molecule has 148 valence electrons. The van der Waals surface area contributed by atoms with Crippen LogP contribution in [0, 0.1) is 0 Å². The van der Waals surface area contributed by atoms with Crippen LogP contribution in [0.25, 0.3) is 16.8 Å². The predicted molar refractivity (Wildman–Crippen MR) is 111 cm³/mol. The average molecular weight is 400 g/mol. The van der Waals surface area contributed by atoms with E-state index in [9.17, 15) is 19.2 Å². The number of fused-ring (bicyclic) bond motifs is 1. The summed E-state index contributed by atoms with van der Waals surface area (Å²) in [6, 6.07) is 18.0. The molecule has 0 spiro atoms. The summed E-state index contributed by atoms with van der Waals surface area (Å²) in [5.41, 5.74) is 1.01. The largest absolute Gasteiger partial charge is 0.465 e. The van der Waals surface area contributed by atoms with Crippen molar-refractivity contribution < 1.29 is 23.9 Å². The fourth-order valence-corrected chi connectivity index (χ4v) is 3.29. The van der Waals surface area contributed by atoms with Crippen molar-refractivity contribution in [2.24, 2.45) is 0 Å². The number of barbiturate groups is 1. The molecule has 1 saturated heterocycles. The molecule has 0 aliphatic carbocycles. The second-order valence-electron chi connectivity index (χ2n) is 6.56. The van der Waals surface area contributed by atoms with Crippen LogP contribution in [0.15, 0.2) is 72.3 Å². The number of benzene rings is 3. The maximum atomic E-state index is 13.0. The summed E-state index contributed by atoms with van der Waals surface area (Å²) < 4.78 is 4.64. The SMILES string of the molecule is COC(=O)c1ccc(N2C(=O)NC(=O)/C(=C\c3cccc4ccccc34)C2=O)cc1. The number of hydrogen-bond acceptors (Lipinski definition) is 5. The van der Waals surface area contributed by atoms with E-state index < -0.39 is 23.8 Å². The smallest absolute Gasteiger partial charge is 0.337 e. The lowest BCUT2D eigenvalue weighted by atomic mass is 10.0. The highest BCUT2D eigenvalue weighted by atomic mass is 16.5. The maximum Gasteiger partial charge on any atom is 0.337 e. The van der Waals surface area contributed by atoms with Crippen molar-refractivity contribution in [1.82, 2.24) is 5.32 Å². The van der Waals surface area contributed by atoms with E-state index >= 15 is 0 Å². The molecule has 4 amide bonds. The molecular weight excluding hydrogens is 384 g/mol. The van der Waals surface area contributed by atoms with Crippen LogP contribution in [0.3, 0.4) is 0 Å². The Hall–Kier alpha value is -4.26. The molecule has 1 fully saturated rings. The Morgan fingerprint density at radius 2 is 1.63 bits per heavy atom. The standard InChI is InChI=1S/C23H16N2O5/c1-30-22(28)15-9-11-17(12-10-15)25-21(27)19(20(26)24-23(25)29)13-16-7-4-6-14-5-2-3-8-18(14)16/h2-13H,1H3,(H,24,26,29)/b19-13+. The quantitative estimate of drug-likeness (QED) is 0.414. The van der Waals surface area contributed by atoms with Crippen molar-refractivity contribution in [2.75, 3.05) is 12.0 Å². The van der Waals surface area contributed by atoms with Crippen LogP contribution in [0.4, 0.5) is 10.5 Å². The first-order chi connectivity index (χ1) is 14.5. The number of ether oxygens (including phenoxy) is 1. The molecule has 7 nitrogen and oxygen atoms in total. The van der Waals surface area contributed by atoms with Gasteiger partial charge in [0.2, 0.25) is 0 Å². The van der Waals surface area contributed by atoms with Crippen LogP contribution in [0.2, 0.25) is 0 Å². The van der Waals surface area contributed by atoms with Gasteiger partial charge in [0.15, 0.2) is 0 Å². The van der Waals surface area contributed by atoms with E-state index in [1.165, 1.54) is 37.5 Å². The summed E-state index contributed by atoms with van der Waals surface area (Å²) in [6.45, 7) is 0. The molecule has 1 N–H and O–H groups in total. The Labute approximate surface area is 171 Å². The molecule has 0 aromatic heterocycles. The zero-order valence-corrected chi connectivity index (χ0v) is 15.9. The second kappa shape index (κ2) is 7.63. The lowest BCUT2D eigenvalue weighted by Crippen LogP contribution is -2.54. The number of nitrogens with zero attached hydrogens (tertiary/aromatic N) is 1. The van der Waals surface area contributed by atoms with E-state index in [1.54, 1.807) is 6.07 Å². The van der Waals surface area contributed by atoms with E-state index in [-0.39, 0.29) is 16.8 Å². The number of amides is 4. The number of methoxy groups -OCH3 is 1. The van der Waals surface area contributed by atoms with Crippen molar-refractivity contribution in [3.63, 3.8) is 0 Å². The lowest BCUT2D eigenvalue weighted by molar-refractivity contribution is -0.122. The lowest BCUT2D eigenvalue weighted by Gasteiger charge is -2.26. The minimum absolute atomic E-state index is 0.164. The van der Waals surface area contributed by atoms with Crippen LogP contribution in [0.5, 0.6) is 0 Å². The number of imide groups is 2. The summed E-state index contributed by atoms with van der Waals surface area (Å²) >= 11 is 0. The van der Waals surface area contributed by atoms with Crippen LogP contribution in [0.1, 0.15) is 15.9 Å². The van der Waals surface area contributed by atoms with Crippen molar-refractivity contribution in [3.05, 3.63) is 83.4 Å². The van der Waals surface area contributed by atoms with Gasteiger partial charge in [0.25, 0.3) is 11.8 Å². The number of carbonyl (C=O) groups excluding carboxylic acids is 4. The summed E-state index contributed by atoms with van der Waals surface area (Å²) in [4.78, 5) is 50.3. The van der Waals surface area contributed by atoms with Crippen LogP contribution >= 0.6 is 0 Å². The Bertz CT molecular complexity index is 1220. The molecule has 30 heavy (non-hydrogen) atoms. The molecule has 1 aliphatic heterocycles. The number of carbonyl (C=O) groups is 4. The number of anilines is 1. The van der Waals surface area contributed by atoms with Gasteiger partial charge in [-0.15, -0.1) is 0 Å². The molecule has 0 bridgehead atoms. The van der Waals surface area contributed by atoms with E-state index in [1.807, 2.05) is 36.4 Å². The first-order valence-corrected chi connectivity index (χ1v) is 9.07. The third-order valence-electron chi connectivity index (χ3n) is 4.77. The van der Waals surface area contributed by atoms with E-state index in [4.69, 9.17) is 0 Å². The molecule has 3 aromatic rings. The van der Waals surface area contributed by atoms with Gasteiger partial charge in [-0.25, -0.2) is 14.5 Å². The van der Waals surface area contributed by atoms with Gasteiger partial charge < -0.3 is 4.74 Å². The van der Waals surface area contributed by atoms with E-state index in [0.717, 1.165) is 15.7 Å². The highest BCUT2D eigenvalue weighted by molar-refractivity contribution is 6.39. The van der Waals surface area contributed by atoms with Gasteiger partial charge >= 0.3 is 12.0 Å². The molecule has 0 unspecified atom stereocenters. The Morgan fingerprint density at radius 3 is 2.37 bits per heavy atom. The summed E-state index contributed by atoms with van der Waals surface area (Å²) in [6.07, 6.45) is 1.47. The van der Waals surface area contributed by atoms with Crippen LogP contribution in [-0.2, 0) is 14.3 Å². The van der Waals surface area contributed by atoms with Crippen molar-refractivity contribution in [1.29, 1.82) is 0 Å². The van der Waals surface area contributed by atoms with Crippen molar-refractivity contribution in [3.8, 4) is 0 Å². The number of urea groups is 1. The molecule has 7 heteroatoms. The normalized spacial score (nSPS) is 15.4. The van der Waals surface area contributed by atoms with Gasteiger partial charge in [0, 0.05) is 0 Å². The van der Waals surface area contributed by atoms with Crippen LogP contribution < -0.4 is 10.2 Å². The van der Waals surface area contributed by atoms with Crippen molar-refractivity contribution >= 4 is 46.4 Å². The molecule has 0 saturated carbocycles. The number of nitrogens with one attached hydrogen (secondary N) is 1. The highest BCUT2D eigenvalue weighted by Crippen LogP contribution is 2.25. The summed E-state index contributed by atoms with van der Waals surface area (Å²) in [7, 11) is 1.26. The topological polar surface area (TPSA) is 92.8 Å². The minimum atomic E-state index is -0.856. The Kier molecular flexibility index (Phi) is 4.85. The van der Waals surface area contributed by atoms with Crippen LogP contribution in [-0.4, -0.2) is 30.9 Å². The minimum Gasteiger partial charge on any atom is -0.465 e. The fourth-order valence-electron chi connectivity index (χ4n) is 3.29. The molecule has 1 heterocycles. The Morgan fingerprint density at radius 1 is 0.933 bits per heavy atom. The van der Waals surface area contributed by atoms with Gasteiger partial charge in [-0.05, 0) is 46.7 Å². The summed E-state index contributed by atoms with van der Waals surface area (Å²) in [5, 5.41) is 4.03. The zero-order valence-electron chi connectivity index (χ0n) is 15.9. The van der Waals surface area contributed by atoms with Gasteiger partial charge in [-0.1, -0.05) is 42.5 Å². The highest BCUT2D eigenvalue weighted by Gasteiger charge is 2.36. The fraction of sp³-hybridized carbons (Fsp3) is 0.0435. The monoisotopic (exact) mass is 400 g/mol. The van der Waals surface area contributed by atoms with E-state index in [0.29, 0.717) is 5.56 Å². The first kappa shape index (κ1) is 19.1. The maximum absolute atomic E-state index is 13.0. The number of rotatable bonds is 3. The third-order valence-corrected chi connectivity index (χ3v) is 4.77. The zero-order chi connectivity index (χ0) is 21.3. The first-order valence-electron chi connectivity index (χ1n) is 9.07. The van der Waals surface area contributed by atoms with Gasteiger partial charge in [-0.2, -0.15) is 0 Å². The number of esters is 1. The predicted octanol–water partition coefficient (Wildman–Crippen LogP) is 3.29. The van der Waals surface area contributed by atoms with E-state index in [2.05, 4.69) is 10.1 Å². The molecule has 1 aliphatic rings. The average Bonchev–Trinajstić information content (AvgIpc) is 2.76. The molecular formula is C23H16N2O5. The third kappa shape index (κ3) is 3.33. The van der Waals surface area contributed by atoms with Gasteiger partial charge in [0.1, 0.15) is 5.57 Å². The number of hydrogen-bond donors (Lipinski definition) is 1. The van der Waals surface area contributed by atoms with Crippen molar-refractivity contribution in [2.45, 2.75) is 0 Å². The van der Waals surface area contributed by atoms with Gasteiger partial charge in [-0.3, -0.25) is 14.9 Å². The summed E-state index contributed by atoms with van der Waals surface area (Å²) in [5.74, 6) is -2.05. The van der Waals surface area contributed by atoms with Gasteiger partial charge in [0.05, 0.1) is 18.4 Å². The Balaban J connectivity index is 1.74.